The number of amides is 1. The van der Waals surface area contributed by atoms with Crippen LogP contribution in [0.25, 0.3) is 0 Å². The number of benzene rings is 1. The minimum Gasteiger partial charge on any atom is -0.356 e. The molecule has 2 aliphatic heterocycles. The molecule has 2 aliphatic rings. The molecule has 0 spiro atoms. The maximum atomic E-state index is 12.3. The second kappa shape index (κ2) is 11.3. The second-order valence-corrected chi connectivity index (χ2v) is 8.50. The van der Waals surface area contributed by atoms with Crippen LogP contribution in [0.5, 0.6) is 0 Å². The quantitative estimate of drug-likeness (QED) is 0.414. The highest BCUT2D eigenvalue weighted by Gasteiger charge is 2.31. The molecule has 3 rings (SSSR count). The molecule has 7 nitrogen and oxygen atoms in total. The number of likely N-dealkylation sites (tertiary alicyclic amines) is 1. The SMILES string of the molecule is CN=C(NCCCN1CCCC1C(=O)N(C)C)N1CCN(Cc2ccccc2)CC1. The Hall–Kier alpha value is -2.12. The number of nitrogens with one attached hydrogen (secondary N) is 1. The molecular weight excluding hydrogens is 376 g/mol. The second-order valence-electron chi connectivity index (χ2n) is 8.50. The summed E-state index contributed by atoms with van der Waals surface area (Å²) in [4.78, 5) is 25.8. The van der Waals surface area contributed by atoms with Crippen molar-refractivity contribution < 1.29 is 4.79 Å². The van der Waals surface area contributed by atoms with E-state index in [0.29, 0.717) is 0 Å². The van der Waals surface area contributed by atoms with Crippen LogP contribution < -0.4 is 5.32 Å². The lowest BCUT2D eigenvalue weighted by Gasteiger charge is -2.36. The minimum absolute atomic E-state index is 0.0667. The number of nitrogens with zero attached hydrogens (tertiary/aromatic N) is 5. The van der Waals surface area contributed by atoms with Crippen molar-refractivity contribution in [2.45, 2.75) is 31.8 Å². The minimum atomic E-state index is 0.0667. The van der Waals surface area contributed by atoms with Gasteiger partial charge < -0.3 is 15.1 Å². The van der Waals surface area contributed by atoms with Gasteiger partial charge >= 0.3 is 0 Å². The van der Waals surface area contributed by atoms with Crippen LogP contribution in [-0.4, -0.2) is 104 Å². The van der Waals surface area contributed by atoms with E-state index in [0.717, 1.165) is 77.6 Å². The van der Waals surface area contributed by atoms with Gasteiger partial charge in [-0.3, -0.25) is 19.6 Å². The largest absolute Gasteiger partial charge is 0.356 e. The summed E-state index contributed by atoms with van der Waals surface area (Å²) in [5.41, 5.74) is 1.38. The van der Waals surface area contributed by atoms with Gasteiger partial charge in [0.1, 0.15) is 0 Å². The Bertz CT molecular complexity index is 684. The molecule has 0 bridgehead atoms. The third-order valence-electron chi connectivity index (χ3n) is 6.13. The van der Waals surface area contributed by atoms with Gasteiger partial charge in [0.15, 0.2) is 5.96 Å². The number of hydrogen-bond donors (Lipinski definition) is 1. The fraction of sp³-hybridized carbons (Fsp3) is 0.652. The fourth-order valence-electron chi connectivity index (χ4n) is 4.45. The lowest BCUT2D eigenvalue weighted by atomic mass is 10.2. The van der Waals surface area contributed by atoms with Gasteiger partial charge in [0, 0.05) is 67.0 Å². The summed E-state index contributed by atoms with van der Waals surface area (Å²) in [6.07, 6.45) is 3.12. The molecular formula is C23H38N6O. The van der Waals surface area contributed by atoms with Crippen LogP contribution >= 0.6 is 0 Å². The van der Waals surface area contributed by atoms with Crippen molar-refractivity contribution in [2.75, 3.05) is 67.0 Å². The highest BCUT2D eigenvalue weighted by atomic mass is 16.2. The number of guanidine groups is 1. The summed E-state index contributed by atoms with van der Waals surface area (Å²) in [5.74, 6) is 1.24. The van der Waals surface area contributed by atoms with Gasteiger partial charge in [0.05, 0.1) is 6.04 Å². The molecule has 0 radical (unpaired) electrons. The van der Waals surface area contributed by atoms with E-state index in [1.54, 1.807) is 4.90 Å². The third-order valence-corrected chi connectivity index (χ3v) is 6.13. The molecule has 166 valence electrons. The predicted molar refractivity (Wildman–Crippen MR) is 123 cm³/mol. The van der Waals surface area contributed by atoms with Crippen molar-refractivity contribution in [1.82, 2.24) is 24.9 Å². The van der Waals surface area contributed by atoms with Gasteiger partial charge in [0.2, 0.25) is 5.91 Å². The maximum Gasteiger partial charge on any atom is 0.239 e. The van der Waals surface area contributed by atoms with E-state index in [-0.39, 0.29) is 11.9 Å². The molecule has 2 fully saturated rings. The van der Waals surface area contributed by atoms with Crippen LogP contribution in [0.4, 0.5) is 0 Å². The Balaban J connectivity index is 1.37. The molecule has 0 aliphatic carbocycles. The Morgan fingerprint density at radius 2 is 1.87 bits per heavy atom. The van der Waals surface area contributed by atoms with Gasteiger partial charge in [-0.2, -0.15) is 0 Å². The summed E-state index contributed by atoms with van der Waals surface area (Å²) in [6, 6.07) is 10.8. The van der Waals surface area contributed by atoms with Crippen molar-refractivity contribution in [1.29, 1.82) is 0 Å². The summed E-state index contributed by atoms with van der Waals surface area (Å²) in [5, 5.41) is 3.53. The van der Waals surface area contributed by atoms with Gasteiger partial charge in [-0.15, -0.1) is 0 Å². The molecule has 2 heterocycles. The fourth-order valence-corrected chi connectivity index (χ4v) is 4.45. The van der Waals surface area contributed by atoms with E-state index in [1.165, 1.54) is 5.56 Å². The van der Waals surface area contributed by atoms with Crippen LogP contribution in [0.1, 0.15) is 24.8 Å². The number of carbonyl (C=O) groups excluding carboxylic acids is 1. The Morgan fingerprint density at radius 3 is 2.53 bits per heavy atom. The van der Waals surface area contributed by atoms with Crippen LogP contribution in [0, 0.1) is 0 Å². The van der Waals surface area contributed by atoms with E-state index >= 15 is 0 Å². The monoisotopic (exact) mass is 414 g/mol. The zero-order valence-corrected chi connectivity index (χ0v) is 18.9. The van der Waals surface area contributed by atoms with Gasteiger partial charge in [-0.05, 0) is 31.4 Å². The molecule has 1 amide bonds. The van der Waals surface area contributed by atoms with Crippen molar-refractivity contribution in [3.8, 4) is 0 Å². The zero-order valence-electron chi connectivity index (χ0n) is 18.9. The Labute approximate surface area is 181 Å². The first-order chi connectivity index (χ1) is 14.6. The molecule has 1 unspecified atom stereocenters. The first-order valence-corrected chi connectivity index (χ1v) is 11.3. The van der Waals surface area contributed by atoms with Crippen LogP contribution in [-0.2, 0) is 11.3 Å². The van der Waals surface area contributed by atoms with Crippen molar-refractivity contribution in [3.63, 3.8) is 0 Å². The lowest BCUT2D eigenvalue weighted by molar-refractivity contribution is -0.133. The first kappa shape index (κ1) is 22.6. The van der Waals surface area contributed by atoms with Crippen molar-refractivity contribution in [2.24, 2.45) is 4.99 Å². The maximum absolute atomic E-state index is 12.3. The van der Waals surface area contributed by atoms with Crippen LogP contribution in [0.2, 0.25) is 0 Å². The highest BCUT2D eigenvalue weighted by molar-refractivity contribution is 5.81. The van der Waals surface area contributed by atoms with Crippen molar-refractivity contribution >= 4 is 11.9 Å². The molecule has 1 N–H and O–H groups in total. The van der Waals surface area contributed by atoms with Crippen LogP contribution in [0.3, 0.4) is 0 Å². The Morgan fingerprint density at radius 1 is 1.13 bits per heavy atom. The lowest BCUT2D eigenvalue weighted by Crippen LogP contribution is -2.52. The standard InChI is InChI=1S/C23H38N6O/c1-24-23(25-12-8-14-28-13-7-11-21(28)22(30)26(2)3)29-17-15-27(16-18-29)19-20-9-5-4-6-10-20/h4-6,9-10,21H,7-8,11-19H2,1-3H3,(H,24,25). The van der Waals surface area contributed by atoms with E-state index in [9.17, 15) is 4.79 Å². The topological polar surface area (TPSA) is 54.4 Å². The molecule has 0 aromatic heterocycles. The Kier molecular flexibility index (Phi) is 8.51. The van der Waals surface area contributed by atoms with E-state index in [4.69, 9.17) is 0 Å². The highest BCUT2D eigenvalue weighted by Crippen LogP contribution is 2.18. The van der Waals surface area contributed by atoms with Crippen LogP contribution in [0.15, 0.2) is 35.3 Å². The average Bonchev–Trinajstić information content (AvgIpc) is 3.23. The summed E-state index contributed by atoms with van der Waals surface area (Å²) >= 11 is 0. The summed E-state index contributed by atoms with van der Waals surface area (Å²) in [6.45, 7) is 7.99. The van der Waals surface area contributed by atoms with Crippen molar-refractivity contribution in [3.05, 3.63) is 35.9 Å². The van der Waals surface area contributed by atoms with Gasteiger partial charge in [-0.25, -0.2) is 0 Å². The van der Waals surface area contributed by atoms with E-state index in [2.05, 4.69) is 55.3 Å². The normalized spacial score (nSPS) is 21.1. The number of piperazine rings is 1. The van der Waals surface area contributed by atoms with E-state index in [1.807, 2.05) is 21.1 Å². The molecule has 1 aromatic carbocycles. The van der Waals surface area contributed by atoms with Gasteiger partial charge in [0.25, 0.3) is 0 Å². The number of aliphatic imine (C=N–C) groups is 1. The van der Waals surface area contributed by atoms with E-state index < -0.39 is 0 Å². The third kappa shape index (κ3) is 6.19. The summed E-state index contributed by atoms with van der Waals surface area (Å²) in [7, 11) is 5.57. The molecule has 1 atom stereocenters. The predicted octanol–water partition coefficient (Wildman–Crippen LogP) is 1.32. The molecule has 1 aromatic rings. The average molecular weight is 415 g/mol. The first-order valence-electron chi connectivity index (χ1n) is 11.3. The smallest absolute Gasteiger partial charge is 0.239 e. The number of likely N-dealkylation sites (N-methyl/N-ethyl adjacent to an activating group) is 1. The number of hydrogen-bond acceptors (Lipinski definition) is 4. The molecule has 2 saturated heterocycles. The zero-order chi connectivity index (χ0) is 21.3. The molecule has 7 heteroatoms. The molecule has 30 heavy (non-hydrogen) atoms. The number of carbonyl (C=O) groups is 1. The number of rotatable bonds is 7. The molecule has 0 saturated carbocycles. The summed E-state index contributed by atoms with van der Waals surface area (Å²) < 4.78 is 0. The van der Waals surface area contributed by atoms with Gasteiger partial charge in [-0.1, -0.05) is 30.3 Å².